The number of fused-ring (bicyclic) bond motifs is 2. The van der Waals surface area contributed by atoms with Crippen molar-refractivity contribution < 1.29 is 23.7 Å². The molecule has 2 heterocycles. The molecular formula is C18H16O5. The van der Waals surface area contributed by atoms with Gasteiger partial charge in [-0.05, 0) is 18.6 Å². The SMILES string of the molecule is CCOC(=O)[C@@H]1Oc2cc3c(cc2[C@H]1c1ccccc1)OCO3. The van der Waals surface area contributed by atoms with Gasteiger partial charge in [0.2, 0.25) is 12.9 Å². The van der Waals surface area contributed by atoms with Crippen molar-refractivity contribution in [1.82, 2.24) is 0 Å². The van der Waals surface area contributed by atoms with Crippen LogP contribution in [0.5, 0.6) is 17.2 Å². The van der Waals surface area contributed by atoms with Crippen molar-refractivity contribution in [2.75, 3.05) is 13.4 Å². The molecule has 2 aliphatic heterocycles. The van der Waals surface area contributed by atoms with E-state index in [1.165, 1.54) is 0 Å². The van der Waals surface area contributed by atoms with Crippen LogP contribution in [0.1, 0.15) is 24.0 Å². The maximum Gasteiger partial charge on any atom is 0.348 e. The minimum absolute atomic E-state index is 0.204. The zero-order valence-corrected chi connectivity index (χ0v) is 12.7. The normalized spacial score (nSPS) is 20.7. The van der Waals surface area contributed by atoms with Crippen LogP contribution in [-0.4, -0.2) is 25.5 Å². The number of carbonyl (C=O) groups is 1. The molecule has 2 aliphatic rings. The van der Waals surface area contributed by atoms with E-state index >= 15 is 0 Å². The summed E-state index contributed by atoms with van der Waals surface area (Å²) in [6.45, 7) is 2.31. The Labute approximate surface area is 133 Å². The highest BCUT2D eigenvalue weighted by Gasteiger charge is 2.42. The second-order valence-electron chi connectivity index (χ2n) is 5.42. The molecular weight excluding hydrogens is 296 g/mol. The lowest BCUT2D eigenvalue weighted by Gasteiger charge is -2.18. The van der Waals surface area contributed by atoms with Crippen molar-refractivity contribution in [3.63, 3.8) is 0 Å². The zero-order chi connectivity index (χ0) is 15.8. The molecule has 0 aliphatic carbocycles. The number of esters is 1. The summed E-state index contributed by atoms with van der Waals surface area (Å²) in [6.07, 6.45) is -0.699. The van der Waals surface area contributed by atoms with Gasteiger partial charge in [0.1, 0.15) is 5.75 Å². The lowest BCUT2D eigenvalue weighted by Crippen LogP contribution is -2.31. The van der Waals surface area contributed by atoms with E-state index in [-0.39, 0.29) is 18.7 Å². The largest absolute Gasteiger partial charge is 0.477 e. The van der Waals surface area contributed by atoms with Crippen molar-refractivity contribution in [2.24, 2.45) is 0 Å². The van der Waals surface area contributed by atoms with Crippen molar-refractivity contribution >= 4 is 5.97 Å². The summed E-state index contributed by atoms with van der Waals surface area (Å²) < 4.78 is 21.9. The fourth-order valence-electron chi connectivity index (χ4n) is 3.08. The molecule has 0 unspecified atom stereocenters. The fraction of sp³-hybridized carbons (Fsp3) is 0.278. The first kappa shape index (κ1) is 13.9. The topological polar surface area (TPSA) is 54.0 Å². The molecule has 2 aromatic rings. The molecule has 0 bridgehead atoms. The van der Waals surface area contributed by atoms with Gasteiger partial charge in [-0.3, -0.25) is 0 Å². The highest BCUT2D eigenvalue weighted by Crippen LogP contribution is 2.48. The van der Waals surface area contributed by atoms with E-state index in [2.05, 4.69) is 0 Å². The number of ether oxygens (including phenoxy) is 4. The van der Waals surface area contributed by atoms with E-state index in [9.17, 15) is 4.79 Å². The third-order valence-corrected chi connectivity index (χ3v) is 4.07. The molecule has 5 heteroatoms. The van der Waals surface area contributed by atoms with Crippen LogP contribution >= 0.6 is 0 Å². The first-order valence-electron chi connectivity index (χ1n) is 7.59. The van der Waals surface area contributed by atoms with Crippen molar-refractivity contribution in [2.45, 2.75) is 18.9 Å². The Bertz CT molecular complexity index is 741. The molecule has 23 heavy (non-hydrogen) atoms. The first-order valence-corrected chi connectivity index (χ1v) is 7.59. The van der Waals surface area contributed by atoms with Crippen LogP contribution in [0, 0.1) is 0 Å². The number of hydrogen-bond acceptors (Lipinski definition) is 5. The molecule has 5 nitrogen and oxygen atoms in total. The van der Waals surface area contributed by atoms with Gasteiger partial charge in [0.25, 0.3) is 0 Å². The standard InChI is InChI=1S/C18H16O5/c1-2-20-18(19)17-16(11-6-4-3-5-7-11)12-8-14-15(22-10-21-14)9-13(12)23-17/h3-9,16-17H,2,10H2,1H3/t16-,17-/m1/s1. The minimum atomic E-state index is -0.699. The quantitative estimate of drug-likeness (QED) is 0.816. The van der Waals surface area contributed by atoms with E-state index in [4.69, 9.17) is 18.9 Å². The van der Waals surface area contributed by atoms with Crippen LogP contribution < -0.4 is 14.2 Å². The maximum atomic E-state index is 12.3. The van der Waals surface area contributed by atoms with E-state index < -0.39 is 6.10 Å². The van der Waals surface area contributed by atoms with Gasteiger partial charge in [-0.1, -0.05) is 30.3 Å². The molecule has 0 saturated carbocycles. The van der Waals surface area contributed by atoms with Crippen LogP contribution in [0.15, 0.2) is 42.5 Å². The van der Waals surface area contributed by atoms with Gasteiger partial charge in [0.05, 0.1) is 12.5 Å². The van der Waals surface area contributed by atoms with Crippen LogP contribution in [-0.2, 0) is 9.53 Å². The smallest absolute Gasteiger partial charge is 0.348 e. The molecule has 4 rings (SSSR count). The number of carbonyl (C=O) groups excluding carboxylic acids is 1. The van der Waals surface area contributed by atoms with Gasteiger partial charge in [0.15, 0.2) is 11.5 Å². The summed E-state index contributed by atoms with van der Waals surface area (Å²) in [6, 6.07) is 13.5. The number of benzene rings is 2. The average molecular weight is 312 g/mol. The monoisotopic (exact) mass is 312 g/mol. The second kappa shape index (κ2) is 5.50. The molecule has 0 fully saturated rings. The summed E-state index contributed by atoms with van der Waals surface area (Å²) in [5.41, 5.74) is 1.92. The van der Waals surface area contributed by atoms with Gasteiger partial charge in [-0.25, -0.2) is 4.79 Å². The lowest BCUT2D eigenvalue weighted by molar-refractivity contribution is -0.151. The number of hydrogen-bond donors (Lipinski definition) is 0. The highest BCUT2D eigenvalue weighted by atomic mass is 16.7. The summed E-state index contributed by atoms with van der Waals surface area (Å²) in [5, 5.41) is 0. The van der Waals surface area contributed by atoms with Gasteiger partial charge >= 0.3 is 5.97 Å². The van der Waals surface area contributed by atoms with Gasteiger partial charge in [0, 0.05) is 11.6 Å². The summed E-state index contributed by atoms with van der Waals surface area (Å²) in [7, 11) is 0. The molecule has 0 radical (unpaired) electrons. The Morgan fingerprint density at radius 3 is 2.61 bits per heavy atom. The van der Waals surface area contributed by atoms with Crippen LogP contribution in [0.2, 0.25) is 0 Å². The van der Waals surface area contributed by atoms with Gasteiger partial charge in [-0.15, -0.1) is 0 Å². The molecule has 118 valence electrons. The van der Waals surface area contributed by atoms with Crippen LogP contribution in [0.4, 0.5) is 0 Å². The summed E-state index contributed by atoms with van der Waals surface area (Å²) in [4.78, 5) is 12.3. The van der Waals surface area contributed by atoms with E-state index in [0.717, 1.165) is 11.1 Å². The Balaban J connectivity index is 1.80. The lowest BCUT2D eigenvalue weighted by atomic mass is 9.88. The Morgan fingerprint density at radius 2 is 1.87 bits per heavy atom. The highest BCUT2D eigenvalue weighted by molar-refractivity contribution is 5.80. The molecule has 2 aromatic carbocycles. The second-order valence-corrected chi connectivity index (χ2v) is 5.42. The van der Waals surface area contributed by atoms with Crippen LogP contribution in [0.25, 0.3) is 0 Å². The van der Waals surface area contributed by atoms with Crippen LogP contribution in [0.3, 0.4) is 0 Å². The van der Waals surface area contributed by atoms with E-state index in [0.29, 0.717) is 23.9 Å². The molecule has 0 aromatic heterocycles. The molecule has 0 spiro atoms. The molecule has 2 atom stereocenters. The van der Waals surface area contributed by atoms with Crippen molar-refractivity contribution in [3.8, 4) is 17.2 Å². The maximum absolute atomic E-state index is 12.3. The molecule has 0 N–H and O–H groups in total. The predicted molar refractivity (Wildman–Crippen MR) is 81.9 cm³/mol. The van der Waals surface area contributed by atoms with E-state index in [1.54, 1.807) is 13.0 Å². The Hall–Kier alpha value is -2.69. The van der Waals surface area contributed by atoms with Crippen molar-refractivity contribution in [1.29, 1.82) is 0 Å². The first-order chi connectivity index (χ1) is 11.3. The molecule has 0 saturated heterocycles. The summed E-state index contributed by atoms with van der Waals surface area (Å²) in [5.74, 6) is 1.37. The molecule has 0 amide bonds. The predicted octanol–water partition coefficient (Wildman–Crippen LogP) is 2.87. The van der Waals surface area contributed by atoms with Gasteiger partial charge < -0.3 is 18.9 Å². The summed E-state index contributed by atoms with van der Waals surface area (Å²) >= 11 is 0. The zero-order valence-electron chi connectivity index (χ0n) is 12.7. The Morgan fingerprint density at radius 1 is 1.13 bits per heavy atom. The third kappa shape index (κ3) is 2.29. The Kier molecular flexibility index (Phi) is 3.33. The minimum Gasteiger partial charge on any atom is -0.477 e. The number of rotatable bonds is 3. The van der Waals surface area contributed by atoms with Gasteiger partial charge in [-0.2, -0.15) is 0 Å². The van der Waals surface area contributed by atoms with E-state index in [1.807, 2.05) is 36.4 Å². The average Bonchev–Trinajstić information content (AvgIpc) is 3.17. The van der Waals surface area contributed by atoms with Crippen molar-refractivity contribution in [3.05, 3.63) is 53.6 Å². The third-order valence-electron chi connectivity index (χ3n) is 4.07. The fourth-order valence-corrected chi connectivity index (χ4v) is 3.08.